The third-order valence-electron chi connectivity index (χ3n) is 2.62. The molecule has 0 aliphatic rings. The van der Waals surface area contributed by atoms with Gasteiger partial charge in [0.05, 0.1) is 14.2 Å². The summed E-state index contributed by atoms with van der Waals surface area (Å²) in [4.78, 5) is 21.9. The Balaban J connectivity index is 3.73. The topological polar surface area (TPSA) is 52.6 Å². The Bertz CT molecular complexity index is 225. The minimum Gasteiger partial charge on any atom is -0.469 e. The highest BCUT2D eigenvalue weighted by atomic mass is 16.5. The largest absolute Gasteiger partial charge is 0.469 e. The lowest BCUT2D eigenvalue weighted by molar-refractivity contribution is -0.142. The maximum Gasteiger partial charge on any atom is 0.305 e. The average molecular weight is 230 g/mol. The minimum atomic E-state index is -0.174. The fraction of sp³-hybridized carbons (Fsp3) is 0.833. The third-order valence-corrected chi connectivity index (χ3v) is 2.62. The van der Waals surface area contributed by atoms with Crippen molar-refractivity contribution in [1.82, 2.24) is 0 Å². The Labute approximate surface area is 97.3 Å². The van der Waals surface area contributed by atoms with Gasteiger partial charge in [-0.2, -0.15) is 0 Å². The van der Waals surface area contributed by atoms with E-state index in [1.165, 1.54) is 14.2 Å². The molecule has 0 amide bonds. The number of hydrogen-bond acceptors (Lipinski definition) is 4. The van der Waals surface area contributed by atoms with Crippen molar-refractivity contribution in [2.45, 2.75) is 39.5 Å². The highest BCUT2D eigenvalue weighted by Gasteiger charge is 2.14. The van der Waals surface area contributed by atoms with E-state index in [9.17, 15) is 9.59 Å². The molecule has 0 radical (unpaired) electrons. The first-order chi connectivity index (χ1) is 7.49. The summed E-state index contributed by atoms with van der Waals surface area (Å²) >= 11 is 0. The fourth-order valence-electron chi connectivity index (χ4n) is 1.72. The summed E-state index contributed by atoms with van der Waals surface area (Å²) in [5, 5.41) is 0. The lowest BCUT2D eigenvalue weighted by atomic mass is 9.92. The normalized spacial score (nSPS) is 14.0. The number of rotatable bonds is 7. The zero-order valence-corrected chi connectivity index (χ0v) is 10.6. The molecule has 2 atom stereocenters. The van der Waals surface area contributed by atoms with E-state index in [0.717, 1.165) is 12.8 Å². The molecular weight excluding hydrogens is 208 g/mol. The second-order valence-corrected chi connectivity index (χ2v) is 4.34. The molecule has 0 N–H and O–H groups in total. The second kappa shape index (κ2) is 8.13. The summed E-state index contributed by atoms with van der Waals surface area (Å²) in [5.41, 5.74) is 0. The Morgan fingerprint density at radius 3 is 2.06 bits per heavy atom. The summed E-state index contributed by atoms with van der Waals surface area (Å²) in [7, 11) is 2.79. The van der Waals surface area contributed by atoms with Crippen LogP contribution in [0.1, 0.15) is 39.5 Å². The van der Waals surface area contributed by atoms with Gasteiger partial charge in [0.15, 0.2) is 0 Å². The van der Waals surface area contributed by atoms with Gasteiger partial charge in [0, 0.05) is 12.8 Å². The van der Waals surface area contributed by atoms with Gasteiger partial charge in [0.2, 0.25) is 0 Å². The molecule has 0 bridgehead atoms. The summed E-state index contributed by atoms with van der Waals surface area (Å²) < 4.78 is 9.18. The predicted molar refractivity (Wildman–Crippen MR) is 60.8 cm³/mol. The van der Waals surface area contributed by atoms with Crippen LogP contribution in [0.25, 0.3) is 0 Å². The summed E-state index contributed by atoms with van der Waals surface area (Å²) in [6.07, 6.45) is 2.62. The molecule has 0 rings (SSSR count). The molecule has 94 valence electrons. The molecule has 16 heavy (non-hydrogen) atoms. The molecule has 2 unspecified atom stereocenters. The average Bonchev–Trinajstić information content (AvgIpc) is 2.25. The monoisotopic (exact) mass is 230 g/mol. The minimum absolute atomic E-state index is 0.173. The van der Waals surface area contributed by atoms with Gasteiger partial charge in [-0.3, -0.25) is 9.59 Å². The van der Waals surface area contributed by atoms with Crippen molar-refractivity contribution in [3.05, 3.63) is 0 Å². The van der Waals surface area contributed by atoms with Crippen LogP contribution in [0.4, 0.5) is 0 Å². The first-order valence-electron chi connectivity index (χ1n) is 5.63. The number of ether oxygens (including phenoxy) is 2. The molecule has 0 fully saturated rings. The zero-order valence-electron chi connectivity index (χ0n) is 10.6. The van der Waals surface area contributed by atoms with E-state index in [4.69, 9.17) is 0 Å². The molecule has 0 aromatic carbocycles. The Kier molecular flexibility index (Phi) is 7.60. The van der Waals surface area contributed by atoms with Crippen molar-refractivity contribution in [3.63, 3.8) is 0 Å². The Morgan fingerprint density at radius 1 is 1.00 bits per heavy atom. The fourth-order valence-corrected chi connectivity index (χ4v) is 1.72. The zero-order chi connectivity index (χ0) is 12.6. The van der Waals surface area contributed by atoms with Gasteiger partial charge < -0.3 is 9.47 Å². The van der Waals surface area contributed by atoms with Crippen LogP contribution in [0.15, 0.2) is 0 Å². The number of methoxy groups -OCH3 is 2. The number of carbonyl (C=O) groups is 2. The van der Waals surface area contributed by atoms with Crippen LogP contribution in [0.2, 0.25) is 0 Å². The lowest BCUT2D eigenvalue weighted by Crippen LogP contribution is -2.11. The van der Waals surface area contributed by atoms with Crippen LogP contribution in [0.3, 0.4) is 0 Å². The maximum absolute atomic E-state index is 11.0. The van der Waals surface area contributed by atoms with Gasteiger partial charge in [-0.15, -0.1) is 0 Å². The van der Waals surface area contributed by atoms with Gasteiger partial charge in [-0.25, -0.2) is 0 Å². The standard InChI is InChI=1S/C12H22O4/c1-9(5-6-11(13)15-3)7-10(2)8-12(14)16-4/h9-10H,5-8H2,1-4H3. The van der Waals surface area contributed by atoms with E-state index >= 15 is 0 Å². The second-order valence-electron chi connectivity index (χ2n) is 4.34. The van der Waals surface area contributed by atoms with E-state index in [2.05, 4.69) is 16.4 Å². The van der Waals surface area contributed by atoms with Crippen molar-refractivity contribution in [3.8, 4) is 0 Å². The molecule has 0 aromatic heterocycles. The van der Waals surface area contributed by atoms with Crippen LogP contribution in [0, 0.1) is 11.8 Å². The van der Waals surface area contributed by atoms with E-state index in [-0.39, 0.29) is 11.9 Å². The van der Waals surface area contributed by atoms with E-state index < -0.39 is 0 Å². The van der Waals surface area contributed by atoms with Gasteiger partial charge >= 0.3 is 11.9 Å². The molecule has 0 saturated heterocycles. The van der Waals surface area contributed by atoms with Crippen molar-refractivity contribution < 1.29 is 19.1 Å². The van der Waals surface area contributed by atoms with Gasteiger partial charge in [-0.1, -0.05) is 13.8 Å². The molecule has 0 aliphatic heterocycles. The quantitative estimate of drug-likeness (QED) is 0.629. The SMILES string of the molecule is COC(=O)CCC(C)CC(C)CC(=O)OC. The molecule has 0 saturated carbocycles. The van der Waals surface area contributed by atoms with Gasteiger partial charge in [0.1, 0.15) is 0 Å². The van der Waals surface area contributed by atoms with E-state index in [1.54, 1.807) is 0 Å². The van der Waals surface area contributed by atoms with Crippen molar-refractivity contribution in [1.29, 1.82) is 0 Å². The van der Waals surface area contributed by atoms with Crippen LogP contribution in [-0.4, -0.2) is 26.2 Å². The van der Waals surface area contributed by atoms with Gasteiger partial charge in [0.25, 0.3) is 0 Å². The first kappa shape index (κ1) is 14.9. The summed E-state index contributed by atoms with van der Waals surface area (Å²) in [5.74, 6) is 0.360. The summed E-state index contributed by atoms with van der Waals surface area (Å²) in [6, 6.07) is 0. The van der Waals surface area contributed by atoms with Crippen LogP contribution in [-0.2, 0) is 19.1 Å². The molecule has 0 spiro atoms. The molecule has 0 aliphatic carbocycles. The predicted octanol–water partition coefficient (Wildman–Crippen LogP) is 2.17. The molecule has 0 aromatic rings. The number of hydrogen-bond donors (Lipinski definition) is 0. The van der Waals surface area contributed by atoms with E-state index in [1.807, 2.05) is 6.92 Å². The summed E-state index contributed by atoms with van der Waals surface area (Å²) in [6.45, 7) is 4.10. The van der Waals surface area contributed by atoms with Crippen LogP contribution in [0.5, 0.6) is 0 Å². The van der Waals surface area contributed by atoms with Crippen molar-refractivity contribution >= 4 is 11.9 Å². The van der Waals surface area contributed by atoms with E-state index in [0.29, 0.717) is 24.7 Å². The molecule has 4 heteroatoms. The van der Waals surface area contributed by atoms with Gasteiger partial charge in [-0.05, 0) is 24.7 Å². The molecule has 4 nitrogen and oxygen atoms in total. The van der Waals surface area contributed by atoms with Crippen LogP contribution < -0.4 is 0 Å². The molecular formula is C12H22O4. The highest BCUT2D eigenvalue weighted by Crippen LogP contribution is 2.19. The Morgan fingerprint density at radius 2 is 1.56 bits per heavy atom. The van der Waals surface area contributed by atoms with Crippen molar-refractivity contribution in [2.24, 2.45) is 11.8 Å². The number of esters is 2. The van der Waals surface area contributed by atoms with Crippen molar-refractivity contribution in [2.75, 3.05) is 14.2 Å². The molecule has 0 heterocycles. The number of carbonyl (C=O) groups excluding carboxylic acids is 2. The highest BCUT2D eigenvalue weighted by molar-refractivity contribution is 5.69. The Hall–Kier alpha value is -1.06. The first-order valence-corrected chi connectivity index (χ1v) is 5.63. The van der Waals surface area contributed by atoms with Crippen LogP contribution >= 0.6 is 0 Å². The third kappa shape index (κ3) is 7.26. The smallest absolute Gasteiger partial charge is 0.305 e. The lowest BCUT2D eigenvalue weighted by Gasteiger charge is -2.15. The maximum atomic E-state index is 11.0.